The molecular formula is C23H31NO7. The standard InChI is InChI=1S/C23H31NO7/c1-14(25)30-13-20(27)23(31-24(28)29)11-8-19-17-5-4-15-12-16(26)6-9-21(15,2)18(17)7-10-22(19,23)3/h12,17-19H,4-11,13H2,1-3H3/t17-,18+,19+,21+,22+,23+/m1/s1. The zero-order valence-electron chi connectivity index (χ0n) is 18.5. The molecular weight excluding hydrogens is 402 g/mol. The van der Waals surface area contributed by atoms with Crippen molar-refractivity contribution in [2.24, 2.45) is 28.6 Å². The largest absolute Gasteiger partial charge is 0.458 e. The highest BCUT2D eigenvalue weighted by Gasteiger charge is 2.68. The molecule has 0 saturated heterocycles. The van der Waals surface area contributed by atoms with Gasteiger partial charge in [-0.15, -0.1) is 10.1 Å². The summed E-state index contributed by atoms with van der Waals surface area (Å²) < 4.78 is 4.92. The summed E-state index contributed by atoms with van der Waals surface area (Å²) in [6.45, 7) is 4.92. The van der Waals surface area contributed by atoms with E-state index in [0.29, 0.717) is 31.1 Å². The van der Waals surface area contributed by atoms with Gasteiger partial charge in [-0.25, -0.2) is 0 Å². The van der Waals surface area contributed by atoms with Gasteiger partial charge < -0.3 is 4.74 Å². The SMILES string of the molecule is CC(=O)OCC(=O)[C@@]1(O[N+](=O)[O-])CC[C@H]2[C@@H]3CCC4=CC(=O)CC[C@]4(C)[C@H]3CC[C@@]21C. The number of nitrogens with zero attached hydrogens (tertiary/aromatic N) is 1. The van der Waals surface area contributed by atoms with Crippen LogP contribution >= 0.6 is 0 Å². The summed E-state index contributed by atoms with van der Waals surface area (Å²) in [5, 5.41) is 10.6. The number of carbonyl (C=O) groups is 3. The van der Waals surface area contributed by atoms with Crippen LogP contribution in [0.15, 0.2) is 11.6 Å². The third-order valence-corrected chi connectivity index (χ3v) is 9.17. The Balaban J connectivity index is 1.67. The Kier molecular flexibility index (Phi) is 5.25. The molecule has 0 heterocycles. The fourth-order valence-electron chi connectivity index (χ4n) is 7.63. The van der Waals surface area contributed by atoms with Gasteiger partial charge in [0.25, 0.3) is 5.09 Å². The van der Waals surface area contributed by atoms with Crippen LogP contribution in [-0.4, -0.2) is 34.8 Å². The zero-order chi connectivity index (χ0) is 22.6. The van der Waals surface area contributed by atoms with Crippen LogP contribution in [-0.2, 0) is 24.0 Å². The monoisotopic (exact) mass is 433 g/mol. The number of Topliss-reactive ketones (excluding diaryl/α,β-unsaturated/α-hetero) is 1. The van der Waals surface area contributed by atoms with Crippen LogP contribution in [0.3, 0.4) is 0 Å². The van der Waals surface area contributed by atoms with E-state index < -0.39 is 34.5 Å². The predicted octanol–water partition coefficient (Wildman–Crippen LogP) is 3.60. The fourth-order valence-corrected chi connectivity index (χ4v) is 7.63. The van der Waals surface area contributed by atoms with Gasteiger partial charge in [-0.2, -0.15) is 0 Å². The normalized spacial score (nSPS) is 41.3. The lowest BCUT2D eigenvalue weighted by Crippen LogP contribution is -2.60. The molecule has 0 N–H and O–H groups in total. The van der Waals surface area contributed by atoms with E-state index in [1.807, 2.05) is 13.0 Å². The molecule has 31 heavy (non-hydrogen) atoms. The maximum absolute atomic E-state index is 13.2. The number of hydrogen-bond donors (Lipinski definition) is 0. The molecule has 8 nitrogen and oxygen atoms in total. The molecule has 4 rings (SSSR count). The van der Waals surface area contributed by atoms with E-state index in [4.69, 9.17) is 9.57 Å². The summed E-state index contributed by atoms with van der Waals surface area (Å²) in [4.78, 5) is 53.1. The molecule has 0 aliphatic heterocycles. The Morgan fingerprint density at radius 2 is 1.84 bits per heavy atom. The van der Waals surface area contributed by atoms with Gasteiger partial charge in [-0.3, -0.25) is 19.2 Å². The van der Waals surface area contributed by atoms with Gasteiger partial charge >= 0.3 is 5.97 Å². The van der Waals surface area contributed by atoms with Gasteiger partial charge in [-0.05, 0) is 74.2 Å². The molecule has 4 aliphatic rings. The average Bonchev–Trinajstić information content (AvgIpc) is 2.99. The minimum Gasteiger partial charge on any atom is -0.458 e. The topological polar surface area (TPSA) is 113 Å². The van der Waals surface area contributed by atoms with Gasteiger partial charge in [0.15, 0.2) is 18.0 Å². The van der Waals surface area contributed by atoms with Crippen LogP contribution in [0.1, 0.15) is 72.1 Å². The lowest BCUT2D eigenvalue weighted by molar-refractivity contribution is -0.780. The van der Waals surface area contributed by atoms with E-state index in [0.717, 1.165) is 25.7 Å². The fraction of sp³-hybridized carbons (Fsp3) is 0.783. The van der Waals surface area contributed by atoms with Crippen LogP contribution in [0, 0.1) is 38.7 Å². The second-order valence-corrected chi connectivity index (χ2v) is 10.3. The molecule has 4 aliphatic carbocycles. The second-order valence-electron chi connectivity index (χ2n) is 10.3. The average molecular weight is 434 g/mol. The molecule has 0 amide bonds. The lowest BCUT2D eigenvalue weighted by Gasteiger charge is -2.59. The van der Waals surface area contributed by atoms with E-state index in [-0.39, 0.29) is 23.5 Å². The molecule has 0 aromatic rings. The smallest absolute Gasteiger partial charge is 0.303 e. The van der Waals surface area contributed by atoms with Crippen molar-refractivity contribution in [3.05, 3.63) is 21.8 Å². The number of rotatable bonds is 5. The minimum absolute atomic E-state index is 0.0187. The van der Waals surface area contributed by atoms with Crippen LogP contribution in [0.5, 0.6) is 0 Å². The van der Waals surface area contributed by atoms with Gasteiger partial charge in [0.2, 0.25) is 5.78 Å². The van der Waals surface area contributed by atoms with Crippen molar-refractivity contribution in [1.82, 2.24) is 0 Å². The van der Waals surface area contributed by atoms with Crippen molar-refractivity contribution in [2.75, 3.05) is 6.61 Å². The molecule has 3 fully saturated rings. The highest BCUT2D eigenvalue weighted by atomic mass is 17.0. The number of ketones is 2. The first kappa shape index (κ1) is 22.0. The predicted molar refractivity (Wildman–Crippen MR) is 109 cm³/mol. The molecule has 8 heteroatoms. The Morgan fingerprint density at radius 3 is 2.52 bits per heavy atom. The highest BCUT2D eigenvalue weighted by molar-refractivity contribution is 5.92. The summed E-state index contributed by atoms with van der Waals surface area (Å²) in [5.41, 5.74) is -1.04. The minimum atomic E-state index is -1.58. The van der Waals surface area contributed by atoms with E-state index in [2.05, 4.69) is 6.92 Å². The van der Waals surface area contributed by atoms with E-state index >= 15 is 0 Å². The van der Waals surface area contributed by atoms with Crippen LogP contribution in [0.4, 0.5) is 0 Å². The third kappa shape index (κ3) is 3.21. The summed E-state index contributed by atoms with van der Waals surface area (Å²) in [6.07, 6.45) is 7.46. The number of esters is 1. The van der Waals surface area contributed by atoms with E-state index in [1.54, 1.807) is 0 Å². The van der Waals surface area contributed by atoms with E-state index in [1.165, 1.54) is 12.5 Å². The van der Waals surface area contributed by atoms with Crippen molar-refractivity contribution in [2.45, 2.75) is 77.7 Å². The molecule has 0 unspecified atom stereocenters. The highest BCUT2D eigenvalue weighted by Crippen LogP contribution is 2.68. The Hall–Kier alpha value is -2.25. The summed E-state index contributed by atoms with van der Waals surface area (Å²) in [5.74, 6) is -0.0694. The van der Waals surface area contributed by atoms with Crippen molar-refractivity contribution >= 4 is 17.5 Å². The Bertz CT molecular complexity index is 866. The molecule has 0 aromatic heterocycles. The van der Waals surface area contributed by atoms with Gasteiger partial charge in [0, 0.05) is 18.8 Å². The summed E-state index contributed by atoms with van der Waals surface area (Å²) in [6, 6.07) is 0. The first-order chi connectivity index (χ1) is 14.5. The van der Waals surface area contributed by atoms with Crippen LogP contribution < -0.4 is 0 Å². The number of hydrogen-bond acceptors (Lipinski definition) is 7. The second kappa shape index (κ2) is 7.41. The summed E-state index contributed by atoms with van der Waals surface area (Å²) in [7, 11) is 0. The maximum atomic E-state index is 13.2. The van der Waals surface area contributed by atoms with Gasteiger partial charge in [0.1, 0.15) is 0 Å². The van der Waals surface area contributed by atoms with Crippen LogP contribution in [0.2, 0.25) is 0 Å². The van der Waals surface area contributed by atoms with E-state index in [9.17, 15) is 24.5 Å². The van der Waals surface area contributed by atoms with Crippen LogP contribution in [0.25, 0.3) is 0 Å². The molecule has 0 bridgehead atoms. The molecule has 3 saturated carbocycles. The Morgan fingerprint density at radius 1 is 1.13 bits per heavy atom. The van der Waals surface area contributed by atoms with Crippen molar-refractivity contribution < 1.29 is 29.0 Å². The number of allylic oxidation sites excluding steroid dienone is 1. The maximum Gasteiger partial charge on any atom is 0.303 e. The summed E-state index contributed by atoms with van der Waals surface area (Å²) >= 11 is 0. The van der Waals surface area contributed by atoms with Crippen molar-refractivity contribution in [1.29, 1.82) is 0 Å². The van der Waals surface area contributed by atoms with Crippen molar-refractivity contribution in [3.8, 4) is 0 Å². The van der Waals surface area contributed by atoms with Gasteiger partial charge in [-0.1, -0.05) is 19.4 Å². The molecule has 0 radical (unpaired) electrons. The number of ether oxygens (including phenoxy) is 1. The Labute approximate surface area is 181 Å². The van der Waals surface area contributed by atoms with Gasteiger partial charge in [0.05, 0.1) is 0 Å². The first-order valence-corrected chi connectivity index (χ1v) is 11.3. The molecule has 0 aromatic carbocycles. The molecule has 6 atom stereocenters. The number of fused-ring (bicyclic) bond motifs is 5. The lowest BCUT2D eigenvalue weighted by atomic mass is 9.46. The number of carbonyl (C=O) groups excluding carboxylic acids is 3. The first-order valence-electron chi connectivity index (χ1n) is 11.3. The molecule has 0 spiro atoms. The van der Waals surface area contributed by atoms with Crippen molar-refractivity contribution in [3.63, 3.8) is 0 Å². The quantitative estimate of drug-likeness (QED) is 0.370. The zero-order valence-corrected chi connectivity index (χ0v) is 18.5. The molecule has 170 valence electrons. The third-order valence-electron chi connectivity index (χ3n) is 9.17.